The van der Waals surface area contributed by atoms with Crippen LogP contribution in [0.25, 0.3) is 0 Å². The highest BCUT2D eigenvalue weighted by Gasteiger charge is 2.34. The van der Waals surface area contributed by atoms with Crippen LogP contribution >= 0.6 is 0 Å². The van der Waals surface area contributed by atoms with Gasteiger partial charge in [0.05, 0.1) is 11.4 Å². The van der Waals surface area contributed by atoms with Gasteiger partial charge in [0, 0.05) is 0 Å². The summed E-state index contributed by atoms with van der Waals surface area (Å²) in [7, 11) is -3.15. The minimum absolute atomic E-state index is 0.167. The van der Waals surface area contributed by atoms with E-state index in [1.54, 1.807) is 13.8 Å². The van der Waals surface area contributed by atoms with Crippen LogP contribution in [0.2, 0.25) is 0 Å². The van der Waals surface area contributed by atoms with Gasteiger partial charge < -0.3 is 0 Å². The topological polar surface area (TPSA) is 43.4 Å². The Balaban J connectivity index is 2.81. The van der Waals surface area contributed by atoms with Gasteiger partial charge in [-0.2, -0.15) is 8.42 Å². The fourth-order valence-electron chi connectivity index (χ4n) is 0.798. The van der Waals surface area contributed by atoms with E-state index in [-0.39, 0.29) is 5.75 Å². The molecule has 1 heterocycles. The Kier molecular flexibility index (Phi) is 1.33. The quantitative estimate of drug-likeness (QED) is 0.473. The molecule has 1 rings (SSSR count). The molecule has 0 aromatic rings. The lowest BCUT2D eigenvalue weighted by atomic mass is 10.1. The van der Waals surface area contributed by atoms with Crippen LogP contribution in [-0.4, -0.2) is 19.8 Å². The minimum atomic E-state index is -3.15. The summed E-state index contributed by atoms with van der Waals surface area (Å²) < 4.78 is 26.0. The number of hydrogen-bond acceptors (Lipinski definition) is 3. The summed E-state index contributed by atoms with van der Waals surface area (Å²) in [6, 6.07) is 0. The van der Waals surface area contributed by atoms with Crippen molar-refractivity contribution in [2.45, 2.75) is 25.9 Å². The average molecular weight is 150 g/mol. The molecule has 0 bridgehead atoms. The monoisotopic (exact) mass is 150 g/mol. The summed E-state index contributed by atoms with van der Waals surface area (Å²) in [5.41, 5.74) is -0.459. The molecule has 0 aromatic heterocycles. The first-order valence-corrected chi connectivity index (χ1v) is 4.42. The zero-order chi connectivity index (χ0) is 7.12. The van der Waals surface area contributed by atoms with Gasteiger partial charge in [-0.15, -0.1) is 0 Å². The van der Waals surface area contributed by atoms with Crippen LogP contribution in [0.1, 0.15) is 20.3 Å². The van der Waals surface area contributed by atoms with Gasteiger partial charge in [0.1, 0.15) is 0 Å². The predicted molar refractivity (Wildman–Crippen MR) is 33.6 cm³/mol. The maximum absolute atomic E-state index is 10.6. The summed E-state index contributed by atoms with van der Waals surface area (Å²) in [6.07, 6.45) is 0.606. The largest absolute Gasteiger partial charge is 0.267 e. The van der Waals surface area contributed by atoms with E-state index < -0.39 is 15.7 Å². The van der Waals surface area contributed by atoms with Crippen LogP contribution in [0, 0.1) is 0 Å². The standard InChI is InChI=1S/C5H10O3S/c1-5(2)3-4-9(6,7)8-5/h3-4H2,1-2H3. The van der Waals surface area contributed by atoms with Crippen LogP contribution in [0.4, 0.5) is 0 Å². The molecule has 0 unspecified atom stereocenters. The Bertz CT molecular complexity index is 202. The van der Waals surface area contributed by atoms with E-state index in [1.807, 2.05) is 0 Å². The second-order valence-corrected chi connectivity index (χ2v) is 4.55. The molecule has 9 heavy (non-hydrogen) atoms. The maximum Gasteiger partial charge on any atom is 0.267 e. The van der Waals surface area contributed by atoms with Crippen LogP contribution in [0.3, 0.4) is 0 Å². The SMILES string of the molecule is CC1(C)CCS(=O)(=O)O1. The summed E-state index contributed by atoms with van der Waals surface area (Å²) in [5.74, 6) is 0.167. The lowest BCUT2D eigenvalue weighted by Crippen LogP contribution is -2.17. The van der Waals surface area contributed by atoms with Crippen molar-refractivity contribution in [3.63, 3.8) is 0 Å². The zero-order valence-corrected chi connectivity index (χ0v) is 6.36. The lowest BCUT2D eigenvalue weighted by Gasteiger charge is -2.11. The molecular formula is C5H10O3S. The highest BCUT2D eigenvalue weighted by atomic mass is 32.2. The van der Waals surface area contributed by atoms with Gasteiger partial charge >= 0.3 is 0 Å². The van der Waals surface area contributed by atoms with Gasteiger partial charge in [-0.1, -0.05) is 0 Å². The Morgan fingerprint density at radius 1 is 1.44 bits per heavy atom. The molecule has 0 saturated carbocycles. The summed E-state index contributed by atoms with van der Waals surface area (Å²) in [4.78, 5) is 0. The highest BCUT2D eigenvalue weighted by molar-refractivity contribution is 7.86. The Hall–Kier alpha value is -0.0900. The van der Waals surface area contributed by atoms with Gasteiger partial charge in [0.15, 0.2) is 0 Å². The molecular weight excluding hydrogens is 140 g/mol. The van der Waals surface area contributed by atoms with E-state index in [4.69, 9.17) is 4.18 Å². The van der Waals surface area contributed by atoms with Gasteiger partial charge in [-0.25, -0.2) is 0 Å². The predicted octanol–water partition coefficient (Wildman–Crippen LogP) is 0.515. The first-order chi connectivity index (χ1) is 3.91. The summed E-state index contributed by atoms with van der Waals surface area (Å²) in [5, 5.41) is 0. The zero-order valence-electron chi connectivity index (χ0n) is 5.55. The molecule has 0 aliphatic carbocycles. The molecule has 0 amide bonds. The van der Waals surface area contributed by atoms with Gasteiger partial charge in [0.2, 0.25) is 0 Å². The van der Waals surface area contributed by atoms with Gasteiger partial charge in [-0.05, 0) is 20.3 Å². The third kappa shape index (κ3) is 1.66. The van der Waals surface area contributed by atoms with Crippen molar-refractivity contribution >= 4 is 10.1 Å². The molecule has 0 atom stereocenters. The van der Waals surface area contributed by atoms with Crippen molar-refractivity contribution in [1.29, 1.82) is 0 Å². The normalized spacial score (nSPS) is 30.4. The molecule has 0 spiro atoms. The third-order valence-corrected chi connectivity index (χ3v) is 2.72. The molecule has 1 aliphatic rings. The van der Waals surface area contributed by atoms with Crippen LogP contribution in [0.5, 0.6) is 0 Å². The fourth-order valence-corrected chi connectivity index (χ4v) is 2.39. The van der Waals surface area contributed by atoms with E-state index in [9.17, 15) is 8.42 Å². The Labute approximate surface area is 55.1 Å². The van der Waals surface area contributed by atoms with Crippen molar-refractivity contribution in [1.82, 2.24) is 0 Å². The van der Waals surface area contributed by atoms with Crippen molar-refractivity contribution in [3.05, 3.63) is 0 Å². The van der Waals surface area contributed by atoms with Gasteiger partial charge in [0.25, 0.3) is 10.1 Å². The molecule has 54 valence electrons. The Morgan fingerprint density at radius 2 is 2.00 bits per heavy atom. The molecule has 3 nitrogen and oxygen atoms in total. The Morgan fingerprint density at radius 3 is 2.11 bits per heavy atom. The number of rotatable bonds is 0. The highest BCUT2D eigenvalue weighted by Crippen LogP contribution is 2.25. The molecule has 4 heteroatoms. The molecule has 0 N–H and O–H groups in total. The summed E-state index contributed by atoms with van der Waals surface area (Å²) in [6.45, 7) is 3.55. The van der Waals surface area contributed by atoms with Crippen LogP contribution in [0.15, 0.2) is 0 Å². The van der Waals surface area contributed by atoms with Crippen molar-refractivity contribution in [2.24, 2.45) is 0 Å². The third-order valence-electron chi connectivity index (χ3n) is 1.31. The second kappa shape index (κ2) is 1.70. The van der Waals surface area contributed by atoms with E-state index in [0.29, 0.717) is 6.42 Å². The first-order valence-electron chi connectivity index (χ1n) is 2.85. The lowest BCUT2D eigenvalue weighted by molar-refractivity contribution is 0.142. The van der Waals surface area contributed by atoms with E-state index in [1.165, 1.54) is 0 Å². The van der Waals surface area contributed by atoms with Crippen LogP contribution < -0.4 is 0 Å². The second-order valence-electron chi connectivity index (χ2n) is 2.85. The van der Waals surface area contributed by atoms with E-state index >= 15 is 0 Å². The maximum atomic E-state index is 10.6. The van der Waals surface area contributed by atoms with Gasteiger partial charge in [-0.3, -0.25) is 4.18 Å². The smallest absolute Gasteiger partial charge is 0.264 e. The van der Waals surface area contributed by atoms with Crippen molar-refractivity contribution in [2.75, 3.05) is 5.75 Å². The van der Waals surface area contributed by atoms with Crippen molar-refractivity contribution < 1.29 is 12.6 Å². The van der Waals surface area contributed by atoms with E-state index in [0.717, 1.165) is 0 Å². The fraction of sp³-hybridized carbons (Fsp3) is 1.00. The number of hydrogen-bond donors (Lipinski definition) is 0. The summed E-state index contributed by atoms with van der Waals surface area (Å²) >= 11 is 0. The average Bonchev–Trinajstić information content (AvgIpc) is 1.78. The van der Waals surface area contributed by atoms with E-state index in [2.05, 4.69) is 0 Å². The molecule has 1 fully saturated rings. The molecule has 1 aliphatic heterocycles. The van der Waals surface area contributed by atoms with Crippen LogP contribution in [-0.2, 0) is 14.3 Å². The van der Waals surface area contributed by atoms with Crippen molar-refractivity contribution in [3.8, 4) is 0 Å². The molecule has 0 aromatic carbocycles. The molecule has 1 saturated heterocycles. The first kappa shape index (κ1) is 7.02. The molecule has 0 radical (unpaired) electrons. The minimum Gasteiger partial charge on any atom is -0.264 e.